The summed E-state index contributed by atoms with van der Waals surface area (Å²) in [6.45, 7) is 6.69. The summed E-state index contributed by atoms with van der Waals surface area (Å²) in [4.78, 5) is 11.7. The zero-order valence-corrected chi connectivity index (χ0v) is 12.2. The van der Waals surface area contributed by atoms with E-state index in [1.807, 2.05) is 6.07 Å². The van der Waals surface area contributed by atoms with Gasteiger partial charge in [-0.2, -0.15) is 0 Å². The summed E-state index contributed by atoms with van der Waals surface area (Å²) in [6, 6.07) is 6.10. The van der Waals surface area contributed by atoms with Crippen molar-refractivity contribution >= 4 is 16.9 Å². The average molecular weight is 275 g/mol. The lowest BCUT2D eigenvalue weighted by atomic mass is 9.86. The fourth-order valence-electron chi connectivity index (χ4n) is 2.12. The molecule has 2 N–H and O–H groups in total. The Labute approximate surface area is 118 Å². The van der Waals surface area contributed by atoms with Crippen LogP contribution in [0, 0.1) is 0 Å². The second-order valence-corrected chi connectivity index (χ2v) is 5.97. The lowest BCUT2D eigenvalue weighted by Gasteiger charge is -2.18. The highest BCUT2D eigenvalue weighted by Crippen LogP contribution is 2.29. The summed E-state index contributed by atoms with van der Waals surface area (Å²) in [5.41, 5.74) is 2.94. The van der Waals surface area contributed by atoms with Gasteiger partial charge in [-0.3, -0.25) is 4.79 Å². The first-order valence-corrected chi connectivity index (χ1v) is 6.80. The second kappa shape index (κ2) is 5.67. The van der Waals surface area contributed by atoms with Crippen molar-refractivity contribution in [3.63, 3.8) is 0 Å². The molecule has 4 nitrogen and oxygen atoms in total. The smallest absolute Gasteiger partial charge is 0.224 e. The topological polar surface area (TPSA) is 62.5 Å². The highest BCUT2D eigenvalue weighted by molar-refractivity contribution is 5.88. The van der Waals surface area contributed by atoms with Crippen molar-refractivity contribution in [3.8, 4) is 0 Å². The Balaban J connectivity index is 2.28. The van der Waals surface area contributed by atoms with Crippen LogP contribution in [-0.2, 0) is 16.6 Å². The van der Waals surface area contributed by atoms with Crippen LogP contribution in [0.3, 0.4) is 0 Å². The highest BCUT2D eigenvalue weighted by atomic mass is 16.3. The molecule has 1 amide bonds. The summed E-state index contributed by atoms with van der Waals surface area (Å²) in [5, 5.41) is 12.3. The Kier molecular flexibility index (Phi) is 4.14. The van der Waals surface area contributed by atoms with Gasteiger partial charge in [0.1, 0.15) is 5.58 Å². The molecule has 0 unspecified atom stereocenters. The number of benzene rings is 1. The number of carbonyl (C=O) groups is 1. The van der Waals surface area contributed by atoms with Crippen LogP contribution < -0.4 is 5.32 Å². The van der Waals surface area contributed by atoms with Gasteiger partial charge in [-0.25, -0.2) is 0 Å². The van der Waals surface area contributed by atoms with Crippen LogP contribution in [0.4, 0.5) is 0 Å². The van der Waals surface area contributed by atoms with Crippen molar-refractivity contribution in [2.24, 2.45) is 0 Å². The Morgan fingerprint density at radius 3 is 2.75 bits per heavy atom. The van der Waals surface area contributed by atoms with Crippen molar-refractivity contribution < 1.29 is 14.3 Å². The number of carbonyl (C=O) groups excluding carboxylic acids is 1. The minimum absolute atomic E-state index is 0.0496. The van der Waals surface area contributed by atoms with E-state index >= 15 is 0 Å². The number of rotatable bonds is 4. The molecule has 2 aromatic rings. The Morgan fingerprint density at radius 2 is 2.10 bits per heavy atom. The number of nitrogens with one attached hydrogen (secondary N) is 1. The normalized spacial score (nSPS) is 11.8. The van der Waals surface area contributed by atoms with Gasteiger partial charge in [0.2, 0.25) is 5.91 Å². The Bertz CT molecular complexity index is 608. The van der Waals surface area contributed by atoms with E-state index in [-0.39, 0.29) is 30.9 Å². The number of amides is 1. The third-order valence-corrected chi connectivity index (χ3v) is 3.30. The monoisotopic (exact) mass is 275 g/mol. The maximum Gasteiger partial charge on any atom is 0.224 e. The van der Waals surface area contributed by atoms with Gasteiger partial charge >= 0.3 is 0 Å². The average Bonchev–Trinajstić information content (AvgIpc) is 2.78. The number of hydrogen-bond donors (Lipinski definition) is 2. The first-order valence-electron chi connectivity index (χ1n) is 6.80. The Morgan fingerprint density at radius 1 is 1.35 bits per heavy atom. The van der Waals surface area contributed by atoms with Crippen LogP contribution in [0.2, 0.25) is 0 Å². The highest BCUT2D eigenvalue weighted by Gasteiger charge is 2.16. The van der Waals surface area contributed by atoms with Crippen LogP contribution >= 0.6 is 0 Å². The van der Waals surface area contributed by atoms with E-state index in [2.05, 4.69) is 38.2 Å². The van der Waals surface area contributed by atoms with Gasteiger partial charge < -0.3 is 14.8 Å². The first-order chi connectivity index (χ1) is 9.41. The Hall–Kier alpha value is -1.81. The summed E-state index contributed by atoms with van der Waals surface area (Å²) < 4.78 is 5.49. The predicted octanol–water partition coefficient (Wildman–Crippen LogP) is 2.38. The van der Waals surface area contributed by atoms with E-state index in [1.165, 1.54) is 5.56 Å². The molecule has 0 aliphatic heterocycles. The molecule has 20 heavy (non-hydrogen) atoms. The molecule has 0 saturated carbocycles. The zero-order valence-electron chi connectivity index (χ0n) is 12.2. The van der Waals surface area contributed by atoms with Gasteiger partial charge in [0.05, 0.1) is 19.3 Å². The second-order valence-electron chi connectivity index (χ2n) is 5.97. The molecule has 108 valence electrons. The van der Waals surface area contributed by atoms with Gasteiger partial charge in [-0.1, -0.05) is 26.8 Å². The van der Waals surface area contributed by atoms with Crippen molar-refractivity contribution in [1.29, 1.82) is 0 Å². The third kappa shape index (κ3) is 3.20. The molecule has 0 saturated heterocycles. The molecule has 0 spiro atoms. The summed E-state index contributed by atoms with van der Waals surface area (Å²) in [7, 11) is 0. The largest absolute Gasteiger partial charge is 0.464 e. The number of fused-ring (bicyclic) bond motifs is 1. The van der Waals surface area contributed by atoms with Crippen LogP contribution in [0.15, 0.2) is 28.9 Å². The SMILES string of the molecule is CC(C)(C)c1ccc2occ(CC(=O)NCCO)c2c1. The fourth-order valence-corrected chi connectivity index (χ4v) is 2.12. The molecule has 0 radical (unpaired) electrons. The third-order valence-electron chi connectivity index (χ3n) is 3.30. The van der Waals surface area contributed by atoms with E-state index in [4.69, 9.17) is 9.52 Å². The molecule has 0 aliphatic carbocycles. The molecular formula is C16H21NO3. The van der Waals surface area contributed by atoms with Gasteiger partial charge in [-0.05, 0) is 23.1 Å². The van der Waals surface area contributed by atoms with Gasteiger partial charge in [0.15, 0.2) is 0 Å². The maximum atomic E-state index is 11.7. The predicted molar refractivity (Wildman–Crippen MR) is 78.7 cm³/mol. The van der Waals surface area contributed by atoms with Crippen molar-refractivity contribution in [2.75, 3.05) is 13.2 Å². The van der Waals surface area contributed by atoms with Crippen LogP contribution in [0.25, 0.3) is 11.0 Å². The molecule has 1 aromatic carbocycles. The minimum atomic E-state index is -0.108. The summed E-state index contributed by atoms with van der Waals surface area (Å²) in [6.07, 6.45) is 1.90. The number of furan rings is 1. The van der Waals surface area contributed by atoms with Crippen LogP contribution in [0.1, 0.15) is 31.9 Å². The van der Waals surface area contributed by atoms with Gasteiger partial charge in [0.25, 0.3) is 0 Å². The number of aliphatic hydroxyl groups is 1. The number of hydrogen-bond acceptors (Lipinski definition) is 3. The van der Waals surface area contributed by atoms with E-state index in [1.54, 1.807) is 6.26 Å². The molecule has 0 aliphatic rings. The molecule has 2 rings (SSSR count). The van der Waals surface area contributed by atoms with Crippen molar-refractivity contribution in [2.45, 2.75) is 32.6 Å². The molecule has 0 atom stereocenters. The van der Waals surface area contributed by atoms with Gasteiger partial charge in [-0.15, -0.1) is 0 Å². The van der Waals surface area contributed by atoms with Crippen LogP contribution in [-0.4, -0.2) is 24.2 Å². The van der Waals surface area contributed by atoms with E-state index < -0.39 is 0 Å². The minimum Gasteiger partial charge on any atom is -0.464 e. The van der Waals surface area contributed by atoms with Crippen molar-refractivity contribution in [3.05, 3.63) is 35.6 Å². The molecule has 1 aromatic heterocycles. The fraction of sp³-hybridized carbons (Fsp3) is 0.438. The summed E-state index contributed by atoms with van der Waals surface area (Å²) >= 11 is 0. The van der Waals surface area contributed by atoms with E-state index in [0.717, 1.165) is 16.5 Å². The zero-order chi connectivity index (χ0) is 14.8. The molecule has 0 bridgehead atoms. The maximum absolute atomic E-state index is 11.7. The summed E-state index contributed by atoms with van der Waals surface area (Å²) in [5.74, 6) is -0.108. The lowest BCUT2D eigenvalue weighted by Crippen LogP contribution is -2.27. The van der Waals surface area contributed by atoms with Gasteiger partial charge in [0, 0.05) is 17.5 Å². The number of aliphatic hydroxyl groups excluding tert-OH is 1. The van der Waals surface area contributed by atoms with E-state index in [9.17, 15) is 4.79 Å². The molecule has 0 fully saturated rings. The quantitative estimate of drug-likeness (QED) is 0.900. The molecule has 4 heteroatoms. The van der Waals surface area contributed by atoms with E-state index in [0.29, 0.717) is 0 Å². The lowest BCUT2D eigenvalue weighted by molar-refractivity contribution is -0.120. The first kappa shape index (κ1) is 14.6. The molecule has 1 heterocycles. The molecular weight excluding hydrogens is 254 g/mol. The van der Waals surface area contributed by atoms with Crippen molar-refractivity contribution in [1.82, 2.24) is 5.32 Å². The standard InChI is InChI=1S/C16H21NO3/c1-16(2,3)12-4-5-14-13(9-12)11(10-20-14)8-15(19)17-6-7-18/h4-5,9-10,18H,6-8H2,1-3H3,(H,17,19). The van der Waals surface area contributed by atoms with Crippen LogP contribution in [0.5, 0.6) is 0 Å².